The van der Waals surface area contributed by atoms with Crippen molar-refractivity contribution in [3.05, 3.63) is 85.0 Å². The molecule has 12 N–H and O–H groups in total. The van der Waals surface area contributed by atoms with Crippen molar-refractivity contribution in [2.24, 2.45) is 0 Å². The van der Waals surface area contributed by atoms with Gasteiger partial charge in [-0.2, -0.15) is 0 Å². The summed E-state index contributed by atoms with van der Waals surface area (Å²) in [7, 11) is -6.44. The lowest BCUT2D eigenvalue weighted by molar-refractivity contribution is -0.0558. The lowest BCUT2D eigenvalue weighted by Crippen LogP contribution is -2.38. The van der Waals surface area contributed by atoms with Gasteiger partial charge < -0.3 is 70.8 Å². The molecule has 2 aliphatic heterocycles. The van der Waals surface area contributed by atoms with Gasteiger partial charge in [0.15, 0.2) is 47.6 Å². The van der Waals surface area contributed by atoms with Gasteiger partial charge in [-0.05, 0) is 24.3 Å². The number of aliphatic hydroxyl groups excluding tert-OH is 2. The lowest BCUT2D eigenvalue weighted by atomic mass is 10.1. The molecule has 30 heteroatoms. The highest BCUT2D eigenvalue weighted by Crippen LogP contribution is 2.42. The van der Waals surface area contributed by atoms with Gasteiger partial charge in [-0.25, -0.2) is 48.6 Å². The largest absolute Gasteiger partial charge is 0.469 e. The monoisotopic (exact) mass is 960 g/mol. The minimum atomic E-state index is -4.86. The van der Waals surface area contributed by atoms with E-state index in [2.05, 4.69) is 49.6 Å². The molecule has 6 aromatic rings. The molecule has 0 saturated carbocycles. The van der Waals surface area contributed by atoms with E-state index in [1.165, 1.54) is 40.5 Å². The Bertz CT molecular complexity index is 2810. The minimum Gasteiger partial charge on any atom is -0.453 e. The molecule has 4 aromatic heterocycles. The number of phosphoric acid groups is 2. The molecular formula is C36H42N12O16P2. The number of imidazole rings is 2. The molecule has 6 heterocycles. The van der Waals surface area contributed by atoms with Crippen molar-refractivity contribution in [1.82, 2.24) is 39.0 Å². The van der Waals surface area contributed by atoms with Crippen LogP contribution in [0.5, 0.6) is 0 Å². The fraction of sp³-hybridized carbons (Fsp3) is 0.333. The van der Waals surface area contributed by atoms with E-state index >= 15 is 0 Å². The number of esters is 2. The van der Waals surface area contributed by atoms with E-state index in [1.54, 1.807) is 56.6 Å². The normalized spacial score (nSPS) is 23.0. The van der Waals surface area contributed by atoms with Gasteiger partial charge in [0.2, 0.25) is 0 Å². The van der Waals surface area contributed by atoms with Crippen LogP contribution >= 0.6 is 15.6 Å². The van der Waals surface area contributed by atoms with Crippen LogP contribution in [0.15, 0.2) is 73.8 Å². The first-order chi connectivity index (χ1) is 31.4. The number of fused-ring (bicyclic) bond motifs is 2. The Morgan fingerprint density at radius 2 is 1.09 bits per heavy atom. The van der Waals surface area contributed by atoms with Crippen molar-refractivity contribution >= 4 is 72.9 Å². The molecule has 0 unspecified atom stereocenters. The number of carbonyl (C=O) groups is 2. The number of phosphoric ester groups is 2. The number of hydrogen-bond acceptors (Lipinski definition) is 22. The van der Waals surface area contributed by atoms with Gasteiger partial charge >= 0.3 is 27.6 Å². The number of nitrogens with two attached hydrogens (primary N) is 2. The van der Waals surface area contributed by atoms with E-state index < -0.39 is 89.9 Å². The Morgan fingerprint density at radius 3 is 1.58 bits per heavy atom. The number of ether oxygens (including phenoxy) is 4. The highest BCUT2D eigenvalue weighted by atomic mass is 31.2. The first kappa shape index (κ1) is 47.7. The first-order valence-electron chi connectivity index (χ1n) is 19.3. The average Bonchev–Trinajstić information content (AvgIpc) is 4.06. The van der Waals surface area contributed by atoms with Gasteiger partial charge in [0.05, 0.1) is 37.0 Å². The van der Waals surface area contributed by atoms with Crippen LogP contribution in [-0.4, -0.2) is 145 Å². The number of aliphatic hydroxyl groups is 2. The highest BCUT2D eigenvalue weighted by molar-refractivity contribution is 7.46. The van der Waals surface area contributed by atoms with Crippen LogP contribution in [0.4, 0.5) is 23.0 Å². The van der Waals surface area contributed by atoms with E-state index in [0.29, 0.717) is 11.4 Å². The number of rotatable bonds is 14. The van der Waals surface area contributed by atoms with Gasteiger partial charge in [0, 0.05) is 25.5 Å². The number of hydrogen-bond donors (Lipinski definition) is 10. The van der Waals surface area contributed by atoms with Crippen molar-refractivity contribution in [1.29, 1.82) is 0 Å². The van der Waals surface area contributed by atoms with Crippen molar-refractivity contribution in [3.8, 4) is 0 Å². The SMILES string of the molecule is CNc1ccccc1C(=O)O[C@@H]1[C@H](O)[C@@H](COP(=O)(O)O)O[C@H]1n1cnc2c(N)ncnc21.CNc1ccccc1C(=O)O[C@H]1[C@@H](O)[C@H](n2cnc3c(N)ncnc32)O[C@@H]1COP(=O)(O)O. The molecule has 0 aliphatic carbocycles. The fourth-order valence-corrected chi connectivity index (χ4v) is 7.70. The molecule has 8 atom stereocenters. The summed E-state index contributed by atoms with van der Waals surface area (Å²) in [6.07, 6.45) is -5.35. The summed E-state index contributed by atoms with van der Waals surface area (Å²) in [4.78, 5) is 86.2. The smallest absolute Gasteiger partial charge is 0.453 e. The van der Waals surface area contributed by atoms with Crippen molar-refractivity contribution < 1.29 is 76.5 Å². The van der Waals surface area contributed by atoms with E-state index in [0.717, 1.165) is 0 Å². The number of nitrogens with zero attached hydrogens (tertiary/aromatic N) is 8. The van der Waals surface area contributed by atoms with Crippen LogP contribution in [0.3, 0.4) is 0 Å². The third kappa shape index (κ3) is 10.4. The maximum atomic E-state index is 12.9. The molecule has 2 fully saturated rings. The molecule has 0 spiro atoms. The van der Waals surface area contributed by atoms with E-state index in [4.69, 9.17) is 50.0 Å². The van der Waals surface area contributed by atoms with Gasteiger partial charge in [0.25, 0.3) is 0 Å². The summed E-state index contributed by atoms with van der Waals surface area (Å²) >= 11 is 0. The Balaban J connectivity index is 0.000000196. The summed E-state index contributed by atoms with van der Waals surface area (Å²) in [5.74, 6) is -1.32. The zero-order valence-electron chi connectivity index (χ0n) is 34.4. The number of benzene rings is 2. The number of nitrogen functional groups attached to an aromatic ring is 2. The van der Waals surface area contributed by atoms with E-state index in [9.17, 15) is 28.9 Å². The second-order valence-electron chi connectivity index (χ2n) is 14.2. The first-order valence-corrected chi connectivity index (χ1v) is 22.3. The predicted molar refractivity (Wildman–Crippen MR) is 226 cm³/mol. The molecule has 8 rings (SSSR count). The van der Waals surface area contributed by atoms with Gasteiger partial charge in [-0.1, -0.05) is 24.3 Å². The lowest BCUT2D eigenvalue weighted by Gasteiger charge is -2.22. The molecule has 0 bridgehead atoms. The molecule has 0 radical (unpaired) electrons. The molecule has 2 aliphatic rings. The number of para-hydroxylation sites is 2. The molecule has 2 aromatic carbocycles. The number of anilines is 4. The summed E-state index contributed by atoms with van der Waals surface area (Å²) in [6, 6.07) is 13.1. The zero-order chi connectivity index (χ0) is 47.5. The minimum absolute atomic E-state index is 0.107. The third-order valence-electron chi connectivity index (χ3n) is 10.1. The second kappa shape index (κ2) is 19.7. The van der Waals surface area contributed by atoms with Gasteiger partial charge in [0.1, 0.15) is 48.1 Å². The van der Waals surface area contributed by atoms with Crippen LogP contribution in [0.25, 0.3) is 22.3 Å². The van der Waals surface area contributed by atoms with Crippen LogP contribution in [0.1, 0.15) is 33.2 Å². The Labute approximate surface area is 371 Å². The van der Waals surface area contributed by atoms with Gasteiger partial charge in [-0.3, -0.25) is 18.2 Å². The zero-order valence-corrected chi connectivity index (χ0v) is 36.1. The van der Waals surface area contributed by atoms with Crippen LogP contribution in [-0.2, 0) is 37.1 Å². The fourth-order valence-electron chi connectivity index (χ4n) is 7.02. The summed E-state index contributed by atoms with van der Waals surface area (Å²) in [6.45, 7) is -1.32. The standard InChI is InChI=1S/2C18H21N6O8P/c1-20-10-5-3-2-4-9(10)18(26)32-14-11(6-30-33(27,28)29)31-17(13(14)25)24-8-23-12-15(19)21-7-22-16(12)24;1-20-10-5-3-2-4-9(10)18(26)32-14-13(25)11(6-30-33(27,28)29)31-17(14)24-8-23-12-15(19)21-7-22-16(12)24/h2*2-5,7-8,11,13-14,17,20,25H,6H2,1H3,(H2,19,21,22)(H2,27,28,29)/t2*11-,13-,14-,17-/m11/s1. The van der Waals surface area contributed by atoms with Crippen molar-refractivity contribution in [3.63, 3.8) is 0 Å². The molecule has 28 nitrogen and oxygen atoms in total. The second-order valence-corrected chi connectivity index (χ2v) is 16.7. The van der Waals surface area contributed by atoms with E-state index in [1.807, 2.05) is 0 Å². The molecular weight excluding hydrogens is 918 g/mol. The van der Waals surface area contributed by atoms with Crippen molar-refractivity contribution in [2.75, 3.05) is 49.4 Å². The molecule has 2 saturated heterocycles. The summed E-state index contributed by atoms with van der Waals surface area (Å²) in [5.41, 5.74) is 14.0. The number of nitrogens with one attached hydrogen (secondary N) is 2. The molecule has 0 amide bonds. The van der Waals surface area contributed by atoms with Gasteiger partial charge in [-0.15, -0.1) is 0 Å². The third-order valence-corrected chi connectivity index (χ3v) is 11.0. The number of aromatic nitrogens is 8. The number of carbonyl (C=O) groups excluding carboxylic acids is 2. The average molecular weight is 961 g/mol. The Kier molecular flexibility index (Phi) is 14.2. The Morgan fingerprint density at radius 1 is 0.652 bits per heavy atom. The predicted octanol–water partition coefficient (Wildman–Crippen LogP) is 0.0868. The maximum absolute atomic E-state index is 12.9. The van der Waals surface area contributed by atoms with E-state index in [-0.39, 0.29) is 45.1 Å². The topological polar surface area (TPSA) is 408 Å². The Hall–Kier alpha value is -6.26. The summed E-state index contributed by atoms with van der Waals surface area (Å²) in [5, 5.41) is 27.5. The van der Waals surface area contributed by atoms with Crippen molar-refractivity contribution in [2.45, 2.75) is 49.1 Å². The highest BCUT2D eigenvalue weighted by Gasteiger charge is 2.50. The molecule has 352 valence electrons. The van der Waals surface area contributed by atoms with Crippen LogP contribution in [0, 0.1) is 0 Å². The molecule has 66 heavy (non-hydrogen) atoms. The maximum Gasteiger partial charge on any atom is 0.469 e. The summed E-state index contributed by atoms with van der Waals surface area (Å²) < 4.78 is 56.8. The van der Waals surface area contributed by atoms with Crippen LogP contribution < -0.4 is 22.1 Å². The van der Waals surface area contributed by atoms with Crippen LogP contribution in [0.2, 0.25) is 0 Å². The quantitative estimate of drug-likeness (QED) is 0.0510.